The van der Waals surface area contributed by atoms with Crippen LogP contribution in [0.1, 0.15) is 198 Å². The number of ether oxygens (including phenoxy) is 8. The van der Waals surface area contributed by atoms with Crippen molar-refractivity contribution in [2.75, 3.05) is 112 Å². The Labute approximate surface area is 875 Å². The molecule has 1 fully saturated rings. The van der Waals surface area contributed by atoms with Crippen molar-refractivity contribution in [1.29, 1.82) is 0 Å². The lowest BCUT2D eigenvalue weighted by Crippen LogP contribution is -2.42. The van der Waals surface area contributed by atoms with E-state index in [0.717, 1.165) is 131 Å². The van der Waals surface area contributed by atoms with Crippen LogP contribution < -0.4 is 23.7 Å². The number of aromatic amines is 4. The Kier molecular flexibility index (Phi) is 36.5. The first-order valence-electron chi connectivity index (χ1n) is 50.5. The van der Waals surface area contributed by atoms with E-state index in [0.29, 0.717) is 127 Å². The summed E-state index contributed by atoms with van der Waals surface area (Å²) >= 11 is 25.2. The van der Waals surface area contributed by atoms with Crippen LogP contribution in [0.3, 0.4) is 0 Å². The standard InChI is InChI=1S/C30H30ClFN2O5.C29H35ClN2O5.C28H35ClN2O5.C27H33ClN2O5/c1-2-30(16-35,17-36)18-38-22-8-3-19(4-9-22)28-27-24(25-15-20(31)5-12-26(25)33-27)13-14-34(28)29(37)39-23-10-6-21(32)7-11-23;1-2-29(16-33,17-34)18-36-21-10-7-19(8-11-21)27-26-23(24-15-20(30)9-12-25(24)31-26)13-14-32(27)28(35)37-22-5-3-4-6-22;1-4-28(15-32,16-33)17-36-21-8-5-19(6-9-21)26-25-22(23-13-20(29)7-10-24(23)30-25)11-12-31(26)27(34)35-14-18(2)3;1-4-27(14-31,15-32)16-34-20-8-5-18(6-9-20)25-24-21(11-12-30(25)26(33)35-17(2)3)22-13-19(28)7-10-23(22)29-24/h3-12,15,28,33,35-36H,2,13-14,16-18H2,1H3;7-12,15,22,27,31,33-34H,2-6,13-14,16-18H2,1H3;5-10,13,18,26,30,32-33H,4,11-12,14-17H2,1-3H3;5-10,13,17,25,29,31-32H,4,11-12,14-16H2,1-3H3/t28-;27-;26-;25-/m0000/s1. The Balaban J connectivity index is 0.000000147. The Morgan fingerprint density at radius 3 is 0.891 bits per heavy atom. The minimum absolute atomic E-state index is 0.0104. The lowest BCUT2D eigenvalue weighted by Gasteiger charge is -2.36. The van der Waals surface area contributed by atoms with Gasteiger partial charge >= 0.3 is 24.4 Å². The molecule has 4 aromatic heterocycles. The van der Waals surface area contributed by atoms with Gasteiger partial charge in [-0.25, -0.2) is 23.6 Å². The summed E-state index contributed by atoms with van der Waals surface area (Å²) in [6, 6.07) is 57.1. The molecule has 147 heavy (non-hydrogen) atoms. The molecule has 0 bridgehead atoms. The maximum absolute atomic E-state index is 13.4. The maximum atomic E-state index is 13.4. The number of carbonyl (C=O) groups excluding carboxylic acids is 4. The van der Waals surface area contributed by atoms with E-state index in [2.05, 4.69) is 19.9 Å². The van der Waals surface area contributed by atoms with Crippen LogP contribution >= 0.6 is 46.4 Å². The molecule has 33 heteroatoms. The van der Waals surface area contributed by atoms with Crippen LogP contribution in [-0.2, 0) is 39.9 Å². The van der Waals surface area contributed by atoms with Gasteiger partial charge in [0.25, 0.3) is 0 Å². The lowest BCUT2D eigenvalue weighted by molar-refractivity contribution is 0.0112. The number of benzene rings is 9. The molecule has 1 aliphatic carbocycles. The number of nitrogens with zero attached hydrogens (tertiary/aromatic N) is 4. The number of nitrogens with one attached hydrogen (secondary N) is 4. The fraction of sp³-hybridized carbons (Fsp3) is 0.421. The van der Waals surface area contributed by atoms with Gasteiger partial charge < -0.3 is 98.7 Å². The molecule has 18 rings (SSSR count). The molecule has 4 amide bonds. The molecule has 8 heterocycles. The summed E-state index contributed by atoms with van der Waals surface area (Å²) in [5.41, 5.74) is 13.1. The third kappa shape index (κ3) is 25.0. The minimum Gasteiger partial charge on any atom is -0.493 e. The van der Waals surface area contributed by atoms with Gasteiger partial charge in [-0.3, -0.25) is 19.6 Å². The predicted molar refractivity (Wildman–Crippen MR) is 567 cm³/mol. The second kappa shape index (κ2) is 49.1. The van der Waals surface area contributed by atoms with Crippen LogP contribution in [-0.4, -0.2) is 229 Å². The summed E-state index contributed by atoms with van der Waals surface area (Å²) in [7, 11) is 0. The van der Waals surface area contributed by atoms with Crippen molar-refractivity contribution in [3.05, 3.63) is 287 Å². The number of hydrogen-bond donors (Lipinski definition) is 12. The van der Waals surface area contributed by atoms with E-state index < -0.39 is 39.6 Å². The van der Waals surface area contributed by atoms with Crippen LogP contribution in [0.15, 0.2) is 194 Å². The molecule has 4 aliphatic heterocycles. The second-order valence-electron chi connectivity index (χ2n) is 39.8. The molecule has 9 aromatic carbocycles. The van der Waals surface area contributed by atoms with Gasteiger partial charge in [0.15, 0.2) is 0 Å². The van der Waals surface area contributed by atoms with E-state index in [1.165, 1.54) is 29.8 Å². The SMILES string of the molecule is CCC(CO)(CO)COc1ccc([C@H]2c3[nH]c4ccc(Cl)cc4c3CCN2C(=O)OC(C)C)cc1.CCC(CO)(CO)COc1ccc([C@H]2c3[nH]c4ccc(Cl)cc4c3CCN2C(=O)OC2CCCC2)cc1.CCC(CO)(CO)COc1ccc([C@H]2c3[nH]c4ccc(Cl)cc4c3CCN2C(=O)OCC(C)C)cc1.CCC(CO)(CO)COc1ccc([C@H]2c3[nH]c4ccc(Cl)cc4c3CCN2C(=O)Oc2ccc(F)cc2)cc1. The quantitative estimate of drug-likeness (QED) is 0.0170. The molecular formula is C114H133Cl4FN8O20. The van der Waals surface area contributed by atoms with Crippen molar-refractivity contribution in [2.45, 2.75) is 169 Å². The first-order valence-corrected chi connectivity index (χ1v) is 52.0. The topological polar surface area (TPSA) is 380 Å². The Morgan fingerprint density at radius 1 is 0.361 bits per heavy atom. The highest BCUT2D eigenvalue weighted by molar-refractivity contribution is 6.32. The molecular weight excluding hydrogens is 1960 g/mol. The van der Waals surface area contributed by atoms with Crippen molar-refractivity contribution in [3.63, 3.8) is 0 Å². The third-order valence-electron chi connectivity index (χ3n) is 29.4. The summed E-state index contributed by atoms with van der Waals surface area (Å²) in [4.78, 5) is 74.1. The Bertz CT molecular complexity index is 6580. The number of aromatic nitrogens is 4. The number of H-pyrrole nitrogens is 4. The molecule has 0 saturated heterocycles. The van der Waals surface area contributed by atoms with Crippen molar-refractivity contribution in [2.24, 2.45) is 27.6 Å². The van der Waals surface area contributed by atoms with Crippen molar-refractivity contribution < 1.29 is 102 Å². The third-order valence-corrected chi connectivity index (χ3v) is 30.3. The summed E-state index contributed by atoms with van der Waals surface area (Å²) in [5.74, 6) is 2.57. The zero-order valence-electron chi connectivity index (χ0n) is 84.2. The Morgan fingerprint density at radius 2 is 0.626 bits per heavy atom. The number of aliphatic hydroxyl groups excluding tert-OH is 8. The predicted octanol–water partition coefficient (Wildman–Crippen LogP) is 21.9. The molecule has 0 radical (unpaired) electrons. The number of hydrogen-bond acceptors (Lipinski definition) is 20. The molecule has 1 saturated carbocycles. The number of carbonyl (C=O) groups is 4. The fourth-order valence-electron chi connectivity index (χ4n) is 19.5. The van der Waals surface area contributed by atoms with Crippen LogP contribution in [0.25, 0.3) is 43.6 Å². The lowest BCUT2D eigenvalue weighted by atomic mass is 9.88. The molecule has 784 valence electrons. The summed E-state index contributed by atoms with van der Waals surface area (Å²) in [6.45, 7) is 17.3. The van der Waals surface area contributed by atoms with Crippen molar-refractivity contribution in [3.8, 4) is 28.7 Å². The maximum Gasteiger partial charge on any atom is 0.416 e. The van der Waals surface area contributed by atoms with E-state index >= 15 is 0 Å². The van der Waals surface area contributed by atoms with E-state index in [1.807, 2.05) is 230 Å². The first-order chi connectivity index (χ1) is 70.9. The molecule has 12 N–H and O–H groups in total. The number of halogens is 5. The molecule has 0 spiro atoms. The average Bonchev–Trinajstić information content (AvgIpc) is 1.60. The van der Waals surface area contributed by atoms with Crippen molar-refractivity contribution >= 4 is 114 Å². The molecule has 13 aromatic rings. The molecule has 0 unspecified atom stereocenters. The second-order valence-corrected chi connectivity index (χ2v) is 41.6. The van der Waals surface area contributed by atoms with Gasteiger partial charge in [-0.05, 0) is 287 Å². The largest absolute Gasteiger partial charge is 0.493 e. The zero-order valence-corrected chi connectivity index (χ0v) is 87.2. The summed E-state index contributed by atoms with van der Waals surface area (Å²) < 4.78 is 59.7. The normalized spacial score (nSPS) is 16.3. The van der Waals surface area contributed by atoms with E-state index in [1.54, 1.807) is 14.7 Å². The van der Waals surface area contributed by atoms with Crippen LogP contribution in [0.2, 0.25) is 20.1 Å². The molecule has 4 atom stereocenters. The van der Waals surface area contributed by atoms with Crippen molar-refractivity contribution in [1.82, 2.24) is 39.5 Å². The smallest absolute Gasteiger partial charge is 0.416 e. The highest BCUT2D eigenvalue weighted by Gasteiger charge is 2.43. The van der Waals surface area contributed by atoms with Gasteiger partial charge in [0.1, 0.15) is 64.8 Å². The zero-order chi connectivity index (χ0) is 105. The van der Waals surface area contributed by atoms with E-state index in [-0.39, 0.29) is 140 Å². The van der Waals surface area contributed by atoms with Gasteiger partial charge in [-0.2, -0.15) is 0 Å². The number of rotatable bonds is 33. The fourth-order valence-corrected chi connectivity index (χ4v) is 20.2. The number of fused-ring (bicyclic) bond motifs is 12. The van der Waals surface area contributed by atoms with Gasteiger partial charge in [0.2, 0.25) is 0 Å². The monoisotopic (exact) mass is 2090 g/mol. The molecule has 5 aliphatic rings. The van der Waals surface area contributed by atoms with Gasteiger partial charge in [-0.15, -0.1) is 0 Å². The first kappa shape index (κ1) is 109. The van der Waals surface area contributed by atoms with E-state index in [4.69, 9.17) is 84.3 Å². The van der Waals surface area contributed by atoms with Gasteiger partial charge in [0, 0.05) is 113 Å². The minimum atomic E-state index is -0.719. The number of amides is 4. The van der Waals surface area contributed by atoms with Gasteiger partial charge in [0.05, 0.1) is 114 Å². The number of aliphatic hydroxyl groups is 8. The van der Waals surface area contributed by atoms with Crippen LogP contribution in [0.5, 0.6) is 28.7 Å². The van der Waals surface area contributed by atoms with Gasteiger partial charge in [-0.1, -0.05) is 136 Å². The summed E-state index contributed by atoms with van der Waals surface area (Å²) in [5, 5.41) is 84.5. The molecule has 28 nitrogen and oxygen atoms in total. The van der Waals surface area contributed by atoms with Crippen LogP contribution in [0, 0.1) is 33.4 Å². The summed E-state index contributed by atoms with van der Waals surface area (Å²) in [6.07, 6.45) is 7.37. The average molecular weight is 2100 g/mol. The van der Waals surface area contributed by atoms with Crippen LogP contribution in [0.4, 0.5) is 23.6 Å². The highest BCUT2D eigenvalue weighted by Crippen LogP contribution is 2.47. The highest BCUT2D eigenvalue weighted by atomic mass is 35.5. The van der Waals surface area contributed by atoms with E-state index in [9.17, 15) is 64.4 Å². The Hall–Kier alpha value is -11.8.